The van der Waals surface area contributed by atoms with Gasteiger partial charge in [0.2, 0.25) is 0 Å². The van der Waals surface area contributed by atoms with E-state index in [0.29, 0.717) is 39.0 Å². The molecule has 5 aromatic rings. The van der Waals surface area contributed by atoms with E-state index >= 15 is 4.39 Å². The highest BCUT2D eigenvalue weighted by molar-refractivity contribution is 6.18. The normalized spacial score (nSPS) is 13.9. The second-order valence-electron chi connectivity index (χ2n) is 9.81. The van der Waals surface area contributed by atoms with Crippen LogP contribution in [0.2, 0.25) is 0 Å². The molecular formula is C31H18FN5. The van der Waals surface area contributed by atoms with Gasteiger partial charge >= 0.3 is 0 Å². The Morgan fingerprint density at radius 1 is 0.676 bits per heavy atom. The number of anilines is 3. The quantitative estimate of drug-likeness (QED) is 0.248. The summed E-state index contributed by atoms with van der Waals surface area (Å²) < 4.78 is 15.8. The van der Waals surface area contributed by atoms with E-state index in [4.69, 9.17) is 0 Å². The van der Waals surface area contributed by atoms with Crippen molar-refractivity contribution in [3.05, 3.63) is 101 Å². The van der Waals surface area contributed by atoms with Gasteiger partial charge in [0.25, 0.3) is 0 Å². The molecule has 7 rings (SSSR count). The van der Waals surface area contributed by atoms with Gasteiger partial charge in [-0.15, -0.1) is 0 Å². The van der Waals surface area contributed by atoms with E-state index in [9.17, 15) is 10.5 Å². The number of aromatic nitrogens is 2. The molecule has 6 heteroatoms. The van der Waals surface area contributed by atoms with Gasteiger partial charge in [0.15, 0.2) is 11.4 Å². The molecule has 0 spiro atoms. The Morgan fingerprint density at radius 3 is 1.73 bits per heavy atom. The highest BCUT2D eigenvalue weighted by Gasteiger charge is 2.38. The number of nitrogens with zero attached hydrogens (tertiary/aromatic N) is 5. The first-order valence-electron chi connectivity index (χ1n) is 11.9. The summed E-state index contributed by atoms with van der Waals surface area (Å²) in [6.07, 6.45) is 0. The summed E-state index contributed by atoms with van der Waals surface area (Å²) in [4.78, 5) is 11.1. The third kappa shape index (κ3) is 2.64. The minimum Gasteiger partial charge on any atom is -0.309 e. The summed E-state index contributed by atoms with van der Waals surface area (Å²) in [6, 6.07) is 27.4. The van der Waals surface area contributed by atoms with Gasteiger partial charge in [0.1, 0.15) is 18.0 Å². The molecule has 1 aromatic heterocycles. The van der Waals surface area contributed by atoms with Gasteiger partial charge in [-0.2, -0.15) is 10.5 Å². The summed E-state index contributed by atoms with van der Waals surface area (Å²) >= 11 is 0. The molecule has 1 aliphatic carbocycles. The zero-order chi connectivity index (χ0) is 25.5. The number of rotatable bonds is 1. The summed E-state index contributed by atoms with van der Waals surface area (Å²) in [7, 11) is 0. The molecule has 0 N–H and O–H groups in total. The molecule has 5 nitrogen and oxygen atoms in total. The van der Waals surface area contributed by atoms with Crippen LogP contribution >= 0.6 is 0 Å². The Morgan fingerprint density at radius 2 is 1.19 bits per heavy atom. The number of halogens is 1. The average molecular weight is 480 g/mol. The number of nitriles is 2. The molecule has 4 aromatic carbocycles. The fraction of sp³-hybridized carbons (Fsp3) is 0.0968. The van der Waals surface area contributed by atoms with Crippen LogP contribution in [0.4, 0.5) is 21.5 Å². The van der Waals surface area contributed by atoms with Crippen LogP contribution in [0, 0.1) is 28.5 Å². The molecule has 174 valence electrons. The molecule has 1 aliphatic heterocycles. The summed E-state index contributed by atoms with van der Waals surface area (Å²) in [5.41, 5.74) is 7.11. The van der Waals surface area contributed by atoms with Crippen molar-refractivity contribution in [3.63, 3.8) is 0 Å². The zero-order valence-corrected chi connectivity index (χ0v) is 20.0. The molecule has 2 aliphatic rings. The van der Waals surface area contributed by atoms with Gasteiger partial charge in [-0.3, -0.25) is 0 Å². The Bertz CT molecular complexity index is 1810. The third-order valence-corrected chi connectivity index (χ3v) is 7.58. The van der Waals surface area contributed by atoms with Crippen LogP contribution in [-0.4, -0.2) is 9.97 Å². The van der Waals surface area contributed by atoms with Gasteiger partial charge in [-0.1, -0.05) is 50.2 Å². The number of fused-ring (bicyclic) bond motifs is 5. The monoisotopic (exact) mass is 479 g/mol. The van der Waals surface area contributed by atoms with Gasteiger partial charge in [-0.05, 0) is 47.5 Å². The van der Waals surface area contributed by atoms with Crippen molar-refractivity contribution >= 4 is 27.8 Å². The number of benzene rings is 4. The lowest BCUT2D eigenvalue weighted by molar-refractivity contribution is 0.631. The summed E-state index contributed by atoms with van der Waals surface area (Å²) in [6.45, 7) is 4.42. The van der Waals surface area contributed by atoms with Crippen LogP contribution < -0.4 is 4.90 Å². The van der Waals surface area contributed by atoms with Crippen molar-refractivity contribution in [3.8, 4) is 34.7 Å². The lowest BCUT2D eigenvalue weighted by atomic mass is 9.73. The van der Waals surface area contributed by atoms with E-state index in [0.717, 1.165) is 22.5 Å². The molecule has 2 heterocycles. The maximum atomic E-state index is 15.8. The topological polar surface area (TPSA) is 76.6 Å². The Kier molecular flexibility index (Phi) is 4.15. The van der Waals surface area contributed by atoms with Gasteiger partial charge in [0.05, 0.1) is 28.5 Å². The van der Waals surface area contributed by atoms with Crippen molar-refractivity contribution in [2.75, 3.05) is 4.90 Å². The van der Waals surface area contributed by atoms with Crippen LogP contribution in [0.25, 0.3) is 33.3 Å². The third-order valence-electron chi connectivity index (χ3n) is 7.58. The first kappa shape index (κ1) is 21.2. The Hall–Kier alpha value is -5.07. The molecule has 0 atom stereocenters. The minimum absolute atomic E-state index is 0.0344. The second-order valence-corrected chi connectivity index (χ2v) is 9.81. The van der Waals surface area contributed by atoms with E-state index in [2.05, 4.69) is 53.0 Å². The summed E-state index contributed by atoms with van der Waals surface area (Å²) in [5.74, 6) is -0.357. The molecule has 0 unspecified atom stereocenters. The largest absolute Gasteiger partial charge is 0.309 e. The van der Waals surface area contributed by atoms with Crippen molar-refractivity contribution in [2.45, 2.75) is 19.3 Å². The van der Waals surface area contributed by atoms with Gasteiger partial charge in [-0.25, -0.2) is 14.4 Å². The fourth-order valence-corrected chi connectivity index (χ4v) is 5.91. The predicted octanol–water partition coefficient (Wildman–Crippen LogP) is 7.27. The fourth-order valence-electron chi connectivity index (χ4n) is 5.91. The number of para-hydroxylation sites is 2. The maximum absolute atomic E-state index is 15.8. The Labute approximate surface area is 212 Å². The molecule has 0 fully saturated rings. The van der Waals surface area contributed by atoms with E-state index in [-0.39, 0.29) is 22.6 Å². The second kappa shape index (κ2) is 7.22. The number of hydrogen-bond acceptors (Lipinski definition) is 5. The molecule has 37 heavy (non-hydrogen) atoms. The van der Waals surface area contributed by atoms with E-state index in [1.54, 1.807) is 6.07 Å². The lowest BCUT2D eigenvalue weighted by Gasteiger charge is -2.42. The van der Waals surface area contributed by atoms with Crippen LogP contribution in [0.1, 0.15) is 36.4 Å². The lowest BCUT2D eigenvalue weighted by Crippen LogP contribution is -2.30. The highest BCUT2D eigenvalue weighted by atomic mass is 19.1. The SMILES string of the molecule is CC1(C)c2ccccc2N(c2ccc3c4c(ccc(F)c24)-c2nc(C#N)c(C#N)nc2-3)c2ccccc21. The van der Waals surface area contributed by atoms with E-state index in [1.807, 2.05) is 48.5 Å². The average Bonchev–Trinajstić information content (AvgIpc) is 3.23. The highest BCUT2D eigenvalue weighted by Crippen LogP contribution is 2.55. The molecule has 0 radical (unpaired) electrons. The van der Waals surface area contributed by atoms with E-state index in [1.165, 1.54) is 6.07 Å². The van der Waals surface area contributed by atoms with Crippen LogP contribution in [-0.2, 0) is 5.41 Å². The standard InChI is InChI=1S/C31H18FN5/c1-31(2)19-7-3-5-9-24(19)37(25-10-6-4-8-20(25)31)26-14-12-18-27-17(11-13-21(32)28(26)27)29-30(18)36-23(16-34)22(15-33)35-29/h3-14H,1-2H3. The van der Waals surface area contributed by atoms with Gasteiger partial charge in [0, 0.05) is 27.3 Å². The molecule has 0 saturated heterocycles. The molecule has 0 amide bonds. The van der Waals surface area contributed by atoms with Crippen LogP contribution in [0.3, 0.4) is 0 Å². The van der Waals surface area contributed by atoms with Crippen molar-refractivity contribution in [1.82, 2.24) is 9.97 Å². The first-order chi connectivity index (χ1) is 18.0. The van der Waals surface area contributed by atoms with Crippen molar-refractivity contribution in [2.24, 2.45) is 0 Å². The van der Waals surface area contributed by atoms with Crippen molar-refractivity contribution in [1.29, 1.82) is 10.5 Å². The minimum atomic E-state index is -0.357. The maximum Gasteiger partial charge on any atom is 0.177 e. The molecular weight excluding hydrogens is 461 g/mol. The van der Waals surface area contributed by atoms with Gasteiger partial charge < -0.3 is 4.90 Å². The van der Waals surface area contributed by atoms with Crippen LogP contribution in [0.15, 0.2) is 72.8 Å². The first-order valence-corrected chi connectivity index (χ1v) is 11.9. The zero-order valence-electron chi connectivity index (χ0n) is 20.0. The predicted molar refractivity (Wildman–Crippen MR) is 140 cm³/mol. The van der Waals surface area contributed by atoms with E-state index < -0.39 is 0 Å². The molecule has 0 bridgehead atoms. The molecule has 0 saturated carbocycles. The van der Waals surface area contributed by atoms with Crippen LogP contribution in [0.5, 0.6) is 0 Å². The smallest absolute Gasteiger partial charge is 0.177 e. The van der Waals surface area contributed by atoms with Crippen molar-refractivity contribution < 1.29 is 4.39 Å². The summed E-state index contributed by atoms with van der Waals surface area (Å²) in [5, 5.41) is 20.2. The Balaban J connectivity index is 1.58. The number of hydrogen-bond donors (Lipinski definition) is 0.